The molecule has 0 atom stereocenters. The summed E-state index contributed by atoms with van der Waals surface area (Å²) < 4.78 is 20.3. The average Bonchev–Trinajstić information content (AvgIpc) is 3.19. The first kappa shape index (κ1) is 24.1. The number of methoxy groups -OCH3 is 1. The molecule has 4 rings (SSSR count). The maximum Gasteiger partial charge on any atom is 0.255 e. The Kier molecular flexibility index (Phi) is 7.22. The number of likely N-dealkylation sites (N-methyl/N-ethyl adjacent to an activating group) is 1. The zero-order chi connectivity index (χ0) is 24.9. The number of carbonyl (C=O) groups is 2. The Morgan fingerprint density at radius 3 is 2.46 bits per heavy atom. The van der Waals surface area contributed by atoms with Gasteiger partial charge in [0.05, 0.1) is 24.1 Å². The number of hydrogen-bond acceptors (Lipinski definition) is 4. The summed E-state index contributed by atoms with van der Waals surface area (Å²) in [6.07, 6.45) is 0.276. The van der Waals surface area contributed by atoms with E-state index in [-0.39, 0.29) is 24.1 Å². The Morgan fingerprint density at radius 1 is 1.06 bits per heavy atom. The van der Waals surface area contributed by atoms with E-state index in [0.717, 1.165) is 28.1 Å². The number of rotatable bonds is 8. The molecule has 0 saturated carbocycles. The standard InChI is InChI=1S/C27H27FN4O3/c1-18-29-24-13-6-20(17-25(24)32(18)23-11-7-21(28)8-12-23)27(34)30-22-9-4-19(5-10-22)16-26(33)31(2)14-15-35-3/h4-13,17H,14-16H2,1-3H3,(H,30,34). The van der Waals surface area contributed by atoms with Crippen LogP contribution in [0.25, 0.3) is 16.7 Å². The van der Waals surface area contributed by atoms with E-state index in [1.54, 1.807) is 61.5 Å². The van der Waals surface area contributed by atoms with Gasteiger partial charge in [-0.3, -0.25) is 14.2 Å². The van der Waals surface area contributed by atoms with Crippen molar-refractivity contribution < 1.29 is 18.7 Å². The molecule has 1 heterocycles. The Hall–Kier alpha value is -4.04. The largest absolute Gasteiger partial charge is 0.383 e. The monoisotopic (exact) mass is 474 g/mol. The molecule has 0 fully saturated rings. The number of ether oxygens (including phenoxy) is 1. The summed E-state index contributed by atoms with van der Waals surface area (Å²) in [6.45, 7) is 2.89. The van der Waals surface area contributed by atoms with E-state index in [1.165, 1.54) is 12.1 Å². The van der Waals surface area contributed by atoms with Gasteiger partial charge in [0.1, 0.15) is 11.6 Å². The number of imidazole rings is 1. The van der Waals surface area contributed by atoms with Crippen molar-refractivity contribution in [1.29, 1.82) is 0 Å². The predicted molar refractivity (Wildman–Crippen MR) is 133 cm³/mol. The lowest BCUT2D eigenvalue weighted by Gasteiger charge is -2.16. The van der Waals surface area contributed by atoms with Gasteiger partial charge in [-0.05, 0) is 67.1 Å². The number of carbonyl (C=O) groups excluding carboxylic acids is 2. The second kappa shape index (κ2) is 10.5. The highest BCUT2D eigenvalue weighted by Crippen LogP contribution is 2.23. The Bertz CT molecular complexity index is 1350. The maximum atomic E-state index is 13.4. The maximum absolute atomic E-state index is 13.4. The molecule has 8 heteroatoms. The van der Waals surface area contributed by atoms with E-state index >= 15 is 0 Å². The third-order valence-corrected chi connectivity index (χ3v) is 5.79. The molecule has 0 radical (unpaired) electrons. The fraction of sp³-hybridized carbons (Fsp3) is 0.222. The molecule has 0 spiro atoms. The van der Waals surface area contributed by atoms with E-state index in [4.69, 9.17) is 4.74 Å². The minimum atomic E-state index is -0.315. The van der Waals surface area contributed by atoms with Crippen LogP contribution in [0.15, 0.2) is 66.7 Å². The number of anilines is 1. The molecule has 2 amide bonds. The van der Waals surface area contributed by atoms with Gasteiger partial charge < -0.3 is 15.0 Å². The van der Waals surface area contributed by atoms with Gasteiger partial charge >= 0.3 is 0 Å². The van der Waals surface area contributed by atoms with E-state index in [1.807, 2.05) is 23.6 Å². The molecule has 3 aromatic carbocycles. The summed E-state index contributed by atoms with van der Waals surface area (Å²) >= 11 is 0. The average molecular weight is 475 g/mol. The molecule has 0 aliphatic rings. The molecule has 0 aliphatic heterocycles. The Balaban J connectivity index is 1.48. The summed E-state index contributed by atoms with van der Waals surface area (Å²) in [5.41, 5.74) is 4.22. The van der Waals surface area contributed by atoms with Crippen molar-refractivity contribution in [1.82, 2.24) is 14.5 Å². The lowest BCUT2D eigenvalue weighted by Crippen LogP contribution is -2.31. The van der Waals surface area contributed by atoms with Crippen molar-refractivity contribution in [2.75, 3.05) is 32.6 Å². The topological polar surface area (TPSA) is 76.5 Å². The van der Waals surface area contributed by atoms with Crippen LogP contribution in [0.5, 0.6) is 0 Å². The van der Waals surface area contributed by atoms with Gasteiger partial charge in [0.2, 0.25) is 5.91 Å². The van der Waals surface area contributed by atoms with E-state index < -0.39 is 0 Å². The highest BCUT2D eigenvalue weighted by atomic mass is 19.1. The molecule has 180 valence electrons. The molecule has 1 N–H and O–H groups in total. The van der Waals surface area contributed by atoms with Crippen molar-refractivity contribution in [3.8, 4) is 5.69 Å². The summed E-state index contributed by atoms with van der Waals surface area (Å²) in [4.78, 5) is 31.4. The SMILES string of the molecule is COCCN(C)C(=O)Cc1ccc(NC(=O)c2ccc3nc(C)n(-c4ccc(F)cc4)c3c2)cc1. The molecular formula is C27H27FN4O3. The van der Waals surface area contributed by atoms with Crippen LogP contribution in [0.1, 0.15) is 21.7 Å². The fourth-order valence-corrected chi connectivity index (χ4v) is 3.82. The van der Waals surface area contributed by atoms with E-state index in [9.17, 15) is 14.0 Å². The first-order valence-electron chi connectivity index (χ1n) is 11.2. The van der Waals surface area contributed by atoms with Crippen LogP contribution >= 0.6 is 0 Å². The van der Waals surface area contributed by atoms with Crippen LogP contribution in [0.3, 0.4) is 0 Å². The number of nitrogens with one attached hydrogen (secondary N) is 1. The molecular weight excluding hydrogens is 447 g/mol. The minimum absolute atomic E-state index is 0.000183. The summed E-state index contributed by atoms with van der Waals surface area (Å²) in [6, 6.07) is 18.7. The van der Waals surface area contributed by atoms with Crippen molar-refractivity contribution in [2.45, 2.75) is 13.3 Å². The molecule has 0 aliphatic carbocycles. The van der Waals surface area contributed by atoms with Gasteiger partial charge in [-0.15, -0.1) is 0 Å². The summed E-state index contributed by atoms with van der Waals surface area (Å²) in [5.74, 6) is 0.159. The zero-order valence-electron chi connectivity index (χ0n) is 19.9. The van der Waals surface area contributed by atoms with Gasteiger partial charge in [0, 0.05) is 37.6 Å². The summed E-state index contributed by atoms with van der Waals surface area (Å²) in [5, 5.41) is 2.90. The van der Waals surface area contributed by atoms with Gasteiger partial charge in [-0.25, -0.2) is 9.37 Å². The normalized spacial score (nSPS) is 11.0. The molecule has 35 heavy (non-hydrogen) atoms. The second-order valence-electron chi connectivity index (χ2n) is 8.31. The first-order chi connectivity index (χ1) is 16.9. The highest BCUT2D eigenvalue weighted by molar-refractivity contribution is 6.06. The van der Waals surface area contributed by atoms with Gasteiger partial charge in [-0.1, -0.05) is 12.1 Å². The Morgan fingerprint density at radius 2 is 1.77 bits per heavy atom. The molecule has 4 aromatic rings. The smallest absolute Gasteiger partial charge is 0.255 e. The number of halogens is 1. The molecule has 1 aromatic heterocycles. The van der Waals surface area contributed by atoms with Crippen molar-refractivity contribution in [3.63, 3.8) is 0 Å². The molecule has 7 nitrogen and oxygen atoms in total. The lowest BCUT2D eigenvalue weighted by molar-refractivity contribution is -0.129. The van der Waals surface area contributed by atoms with E-state index in [2.05, 4.69) is 10.3 Å². The van der Waals surface area contributed by atoms with Crippen LogP contribution in [0.2, 0.25) is 0 Å². The minimum Gasteiger partial charge on any atom is -0.383 e. The third kappa shape index (κ3) is 5.55. The summed E-state index contributed by atoms with van der Waals surface area (Å²) in [7, 11) is 3.35. The number of aryl methyl sites for hydroxylation is 1. The van der Waals surface area contributed by atoms with Crippen LogP contribution in [-0.2, 0) is 16.0 Å². The van der Waals surface area contributed by atoms with Crippen molar-refractivity contribution in [3.05, 3.63) is 89.5 Å². The van der Waals surface area contributed by atoms with Gasteiger partial charge in [-0.2, -0.15) is 0 Å². The third-order valence-electron chi connectivity index (χ3n) is 5.79. The zero-order valence-corrected chi connectivity index (χ0v) is 19.9. The lowest BCUT2D eigenvalue weighted by atomic mass is 10.1. The second-order valence-corrected chi connectivity index (χ2v) is 8.31. The van der Waals surface area contributed by atoms with Crippen LogP contribution in [-0.4, -0.2) is 53.6 Å². The Labute approximate surface area is 203 Å². The molecule has 0 bridgehead atoms. The van der Waals surface area contributed by atoms with E-state index in [0.29, 0.717) is 24.4 Å². The number of benzene rings is 3. The van der Waals surface area contributed by atoms with Crippen LogP contribution < -0.4 is 5.32 Å². The number of nitrogens with zero attached hydrogens (tertiary/aromatic N) is 3. The molecule has 0 saturated heterocycles. The number of hydrogen-bond donors (Lipinski definition) is 1. The van der Waals surface area contributed by atoms with Crippen LogP contribution in [0.4, 0.5) is 10.1 Å². The number of aromatic nitrogens is 2. The number of amides is 2. The van der Waals surface area contributed by atoms with Crippen molar-refractivity contribution >= 4 is 28.5 Å². The molecule has 0 unspecified atom stereocenters. The van der Waals surface area contributed by atoms with Crippen molar-refractivity contribution in [2.24, 2.45) is 0 Å². The first-order valence-corrected chi connectivity index (χ1v) is 11.2. The van der Waals surface area contributed by atoms with Crippen LogP contribution in [0, 0.1) is 12.7 Å². The van der Waals surface area contributed by atoms with Gasteiger partial charge in [0.15, 0.2) is 0 Å². The number of fused-ring (bicyclic) bond motifs is 1. The quantitative estimate of drug-likeness (QED) is 0.411. The van der Waals surface area contributed by atoms with Gasteiger partial charge in [0.25, 0.3) is 5.91 Å². The predicted octanol–water partition coefficient (Wildman–Crippen LogP) is 4.37. The highest BCUT2D eigenvalue weighted by Gasteiger charge is 2.14. The fourth-order valence-electron chi connectivity index (χ4n) is 3.82.